The van der Waals surface area contributed by atoms with Crippen molar-refractivity contribution in [2.45, 2.75) is 26.4 Å². The zero-order valence-corrected chi connectivity index (χ0v) is 16.0. The van der Waals surface area contributed by atoms with E-state index < -0.39 is 5.97 Å². The summed E-state index contributed by atoms with van der Waals surface area (Å²) in [6.45, 7) is 4.18. The Morgan fingerprint density at radius 1 is 1.10 bits per heavy atom. The Balaban J connectivity index is 1.37. The van der Waals surface area contributed by atoms with Crippen LogP contribution < -0.4 is 0 Å². The van der Waals surface area contributed by atoms with E-state index in [1.165, 1.54) is 11.9 Å². The summed E-state index contributed by atoms with van der Waals surface area (Å²) in [4.78, 5) is 20.4. The summed E-state index contributed by atoms with van der Waals surface area (Å²) in [6.07, 6.45) is 3.02. The van der Waals surface area contributed by atoms with Crippen molar-refractivity contribution in [3.05, 3.63) is 78.2 Å². The van der Waals surface area contributed by atoms with E-state index in [0.717, 1.165) is 11.3 Å². The largest absolute Gasteiger partial charge is 0.452 e. The highest BCUT2D eigenvalue weighted by Crippen LogP contribution is 2.20. The Morgan fingerprint density at radius 3 is 2.52 bits per heavy atom. The van der Waals surface area contributed by atoms with Gasteiger partial charge in [-0.1, -0.05) is 43.3 Å². The molecule has 4 rings (SSSR count). The van der Waals surface area contributed by atoms with Crippen molar-refractivity contribution >= 4 is 5.97 Å². The van der Waals surface area contributed by atoms with Gasteiger partial charge >= 0.3 is 5.97 Å². The maximum Gasteiger partial charge on any atom is 0.338 e. The van der Waals surface area contributed by atoms with Crippen LogP contribution in [0.1, 0.15) is 41.6 Å². The molecule has 0 saturated heterocycles. The van der Waals surface area contributed by atoms with Gasteiger partial charge in [0.05, 0.1) is 11.3 Å². The number of carbonyl (C=O) groups is 1. The smallest absolute Gasteiger partial charge is 0.338 e. The van der Waals surface area contributed by atoms with Crippen LogP contribution in [0.25, 0.3) is 17.1 Å². The average Bonchev–Trinajstić information content (AvgIpc) is 3.44. The molecule has 0 saturated carbocycles. The number of hydrogen-bond acceptors (Lipinski definition) is 7. The fraction of sp³-hybridized carbons (Fsp3) is 0.190. The second-order valence-corrected chi connectivity index (χ2v) is 6.75. The number of benzene rings is 2. The van der Waals surface area contributed by atoms with Gasteiger partial charge in [-0.25, -0.2) is 14.5 Å². The quantitative estimate of drug-likeness (QED) is 0.463. The molecule has 2 aromatic carbocycles. The molecule has 0 aliphatic rings. The van der Waals surface area contributed by atoms with Crippen LogP contribution in [0.15, 0.2) is 65.7 Å². The van der Waals surface area contributed by atoms with Gasteiger partial charge in [-0.15, -0.1) is 0 Å². The zero-order chi connectivity index (χ0) is 20.2. The highest BCUT2D eigenvalue weighted by molar-refractivity contribution is 5.89. The maximum atomic E-state index is 12.2. The fourth-order valence-electron chi connectivity index (χ4n) is 2.75. The van der Waals surface area contributed by atoms with E-state index in [-0.39, 0.29) is 12.5 Å². The first-order valence-electron chi connectivity index (χ1n) is 9.15. The molecule has 0 aliphatic carbocycles. The van der Waals surface area contributed by atoms with Gasteiger partial charge in [0.25, 0.3) is 5.89 Å². The number of rotatable bonds is 6. The summed E-state index contributed by atoms with van der Waals surface area (Å²) < 4.78 is 12.1. The SMILES string of the molecule is CC(C)c1ccc(-c2noc(COC(=O)c3ccc(-n4cncn4)cc3)n2)cc1. The van der Waals surface area contributed by atoms with Crippen LogP contribution in [-0.4, -0.2) is 30.9 Å². The second kappa shape index (κ2) is 8.05. The molecule has 0 fully saturated rings. The number of hydrogen-bond donors (Lipinski definition) is 0. The second-order valence-electron chi connectivity index (χ2n) is 6.75. The van der Waals surface area contributed by atoms with Gasteiger partial charge in [-0.05, 0) is 35.7 Å². The van der Waals surface area contributed by atoms with E-state index >= 15 is 0 Å². The van der Waals surface area contributed by atoms with Crippen LogP contribution in [0.4, 0.5) is 0 Å². The topological polar surface area (TPSA) is 95.9 Å². The van der Waals surface area contributed by atoms with Crippen molar-refractivity contribution in [1.82, 2.24) is 24.9 Å². The molecule has 0 amide bonds. The standard InChI is InChI=1S/C21H19N5O3/c1-14(2)15-3-5-16(6-4-15)20-24-19(29-25-20)11-28-21(27)17-7-9-18(10-8-17)26-13-22-12-23-26/h3-10,12-14H,11H2,1-2H3. The van der Waals surface area contributed by atoms with Gasteiger partial charge in [-0.2, -0.15) is 10.1 Å². The van der Waals surface area contributed by atoms with E-state index in [4.69, 9.17) is 9.26 Å². The summed E-state index contributed by atoms with van der Waals surface area (Å²) in [7, 11) is 0. The minimum Gasteiger partial charge on any atom is -0.452 e. The first-order chi connectivity index (χ1) is 14.1. The summed E-state index contributed by atoms with van der Waals surface area (Å²) in [5.74, 6) is 0.676. The third-order valence-corrected chi connectivity index (χ3v) is 4.42. The van der Waals surface area contributed by atoms with E-state index in [2.05, 4.69) is 34.1 Å². The van der Waals surface area contributed by atoms with Crippen molar-refractivity contribution in [2.75, 3.05) is 0 Å². The molecule has 4 aromatic rings. The predicted octanol–water partition coefficient (Wildman–Crippen LogP) is 3.80. The highest BCUT2D eigenvalue weighted by atomic mass is 16.6. The van der Waals surface area contributed by atoms with Gasteiger partial charge < -0.3 is 9.26 Å². The maximum absolute atomic E-state index is 12.2. The molecular formula is C21H19N5O3. The molecule has 0 atom stereocenters. The molecule has 146 valence electrons. The summed E-state index contributed by atoms with van der Waals surface area (Å²) in [5.41, 5.74) is 3.29. The Hall–Kier alpha value is -3.81. The van der Waals surface area contributed by atoms with E-state index in [1.807, 2.05) is 24.3 Å². The molecule has 8 heteroatoms. The van der Waals surface area contributed by atoms with Gasteiger partial charge in [-0.3, -0.25) is 0 Å². The van der Waals surface area contributed by atoms with Crippen LogP contribution in [0.2, 0.25) is 0 Å². The summed E-state index contributed by atoms with van der Waals surface area (Å²) >= 11 is 0. The van der Waals surface area contributed by atoms with Gasteiger partial charge in [0.15, 0.2) is 6.61 Å². The van der Waals surface area contributed by atoms with Crippen molar-refractivity contribution < 1.29 is 14.1 Å². The van der Waals surface area contributed by atoms with Crippen molar-refractivity contribution in [2.24, 2.45) is 0 Å². The molecule has 0 aliphatic heterocycles. The lowest BCUT2D eigenvalue weighted by molar-refractivity contribution is 0.0430. The monoisotopic (exact) mass is 389 g/mol. The summed E-state index contributed by atoms with van der Waals surface area (Å²) in [6, 6.07) is 14.8. The minimum atomic E-state index is -0.476. The molecule has 0 radical (unpaired) electrons. The Kier molecular flexibility index (Phi) is 5.15. The first-order valence-corrected chi connectivity index (χ1v) is 9.15. The van der Waals surface area contributed by atoms with Crippen LogP contribution in [0.3, 0.4) is 0 Å². The predicted molar refractivity (Wildman–Crippen MR) is 104 cm³/mol. The van der Waals surface area contributed by atoms with E-state index in [0.29, 0.717) is 17.3 Å². The zero-order valence-electron chi connectivity index (χ0n) is 16.0. The number of aromatic nitrogens is 5. The normalized spacial score (nSPS) is 11.0. The average molecular weight is 389 g/mol. The van der Waals surface area contributed by atoms with Crippen LogP contribution >= 0.6 is 0 Å². The first kappa shape index (κ1) is 18.5. The molecule has 8 nitrogen and oxygen atoms in total. The third kappa shape index (κ3) is 4.21. The lowest BCUT2D eigenvalue weighted by atomic mass is 10.0. The van der Waals surface area contributed by atoms with Crippen LogP contribution in [-0.2, 0) is 11.3 Å². The van der Waals surface area contributed by atoms with E-state index in [9.17, 15) is 4.79 Å². The fourth-order valence-corrected chi connectivity index (χ4v) is 2.75. The molecular weight excluding hydrogens is 370 g/mol. The number of esters is 1. The molecule has 29 heavy (non-hydrogen) atoms. The van der Waals surface area contributed by atoms with Gasteiger partial charge in [0.2, 0.25) is 5.82 Å². The number of nitrogens with zero attached hydrogens (tertiary/aromatic N) is 5. The Bertz CT molecular complexity index is 1080. The van der Waals surface area contributed by atoms with Gasteiger partial charge in [0.1, 0.15) is 12.7 Å². The molecule has 0 N–H and O–H groups in total. The highest BCUT2D eigenvalue weighted by Gasteiger charge is 2.13. The molecule has 2 heterocycles. The molecule has 0 bridgehead atoms. The van der Waals surface area contributed by atoms with Gasteiger partial charge in [0, 0.05) is 5.56 Å². The number of ether oxygens (including phenoxy) is 1. The third-order valence-electron chi connectivity index (χ3n) is 4.42. The number of carbonyl (C=O) groups excluding carboxylic acids is 1. The van der Waals surface area contributed by atoms with E-state index in [1.54, 1.807) is 35.3 Å². The van der Waals surface area contributed by atoms with Crippen molar-refractivity contribution in [3.63, 3.8) is 0 Å². The molecule has 0 unspecified atom stereocenters. The van der Waals surface area contributed by atoms with Crippen molar-refractivity contribution in [3.8, 4) is 17.1 Å². The molecule has 2 aromatic heterocycles. The lowest BCUT2D eigenvalue weighted by Crippen LogP contribution is -2.06. The molecule has 0 spiro atoms. The lowest BCUT2D eigenvalue weighted by Gasteiger charge is -2.04. The van der Waals surface area contributed by atoms with Crippen LogP contribution in [0, 0.1) is 0 Å². The Labute approximate surface area is 167 Å². The minimum absolute atomic E-state index is 0.0965. The van der Waals surface area contributed by atoms with Crippen LogP contribution in [0.5, 0.6) is 0 Å². The summed E-state index contributed by atoms with van der Waals surface area (Å²) in [5, 5.41) is 8.00. The Morgan fingerprint density at radius 2 is 1.86 bits per heavy atom. The van der Waals surface area contributed by atoms with Crippen molar-refractivity contribution in [1.29, 1.82) is 0 Å².